The first-order chi connectivity index (χ1) is 9.54. The third-order valence-electron chi connectivity index (χ3n) is 3.19. The highest BCUT2D eigenvalue weighted by atomic mass is 32.2. The maximum atomic E-state index is 12.4. The van der Waals surface area contributed by atoms with Crippen LogP contribution in [0.25, 0.3) is 10.8 Å². The molecule has 2 aromatic carbocycles. The first kappa shape index (κ1) is 15.0. The summed E-state index contributed by atoms with van der Waals surface area (Å²) >= 11 is 0. The van der Waals surface area contributed by atoms with Crippen molar-refractivity contribution in [3.8, 4) is 0 Å². The Kier molecular flexibility index (Phi) is 4.75. The molecule has 0 saturated heterocycles. The highest BCUT2D eigenvalue weighted by molar-refractivity contribution is 7.89. The molecule has 0 aromatic heterocycles. The van der Waals surface area contributed by atoms with E-state index in [1.807, 2.05) is 30.3 Å². The van der Waals surface area contributed by atoms with E-state index in [2.05, 4.69) is 4.72 Å². The summed E-state index contributed by atoms with van der Waals surface area (Å²) in [5.41, 5.74) is 0. The van der Waals surface area contributed by atoms with Crippen LogP contribution in [0.1, 0.15) is 19.8 Å². The number of hydrogen-bond acceptors (Lipinski definition) is 3. The van der Waals surface area contributed by atoms with Gasteiger partial charge in [-0.3, -0.25) is 0 Å². The molecule has 4 nitrogen and oxygen atoms in total. The predicted octanol–water partition coefficient (Wildman–Crippen LogP) is 2.28. The maximum absolute atomic E-state index is 12.4. The van der Waals surface area contributed by atoms with E-state index in [9.17, 15) is 8.42 Å². The minimum atomic E-state index is -3.55. The third kappa shape index (κ3) is 3.36. The summed E-state index contributed by atoms with van der Waals surface area (Å²) in [4.78, 5) is 0.298. The smallest absolute Gasteiger partial charge is 0.241 e. The average Bonchev–Trinajstić information content (AvgIpc) is 2.44. The van der Waals surface area contributed by atoms with Gasteiger partial charge >= 0.3 is 0 Å². The molecule has 0 aliphatic rings. The van der Waals surface area contributed by atoms with Gasteiger partial charge in [-0.1, -0.05) is 36.4 Å². The van der Waals surface area contributed by atoms with Gasteiger partial charge in [-0.15, -0.1) is 0 Å². The zero-order valence-corrected chi connectivity index (χ0v) is 12.2. The summed E-state index contributed by atoms with van der Waals surface area (Å²) in [5, 5.41) is 10.4. The molecule has 108 valence electrons. The Morgan fingerprint density at radius 1 is 1.15 bits per heavy atom. The lowest BCUT2D eigenvalue weighted by atomic mass is 10.1. The number of sulfonamides is 1. The topological polar surface area (TPSA) is 66.4 Å². The van der Waals surface area contributed by atoms with Crippen LogP contribution in [0.2, 0.25) is 0 Å². The molecule has 2 N–H and O–H groups in total. The largest absolute Gasteiger partial charge is 0.396 e. The lowest BCUT2D eigenvalue weighted by Crippen LogP contribution is -2.32. The quantitative estimate of drug-likeness (QED) is 0.858. The monoisotopic (exact) mass is 293 g/mol. The molecule has 0 heterocycles. The number of aliphatic hydroxyl groups excluding tert-OH is 1. The summed E-state index contributed by atoms with van der Waals surface area (Å²) in [6, 6.07) is 12.5. The van der Waals surface area contributed by atoms with Crippen LogP contribution in [0.5, 0.6) is 0 Å². The molecule has 1 atom stereocenters. The molecular formula is C15H19NO3S. The Hall–Kier alpha value is -1.43. The molecule has 0 radical (unpaired) electrons. The molecule has 5 heteroatoms. The summed E-state index contributed by atoms with van der Waals surface area (Å²) in [5.74, 6) is 0. The molecule has 0 spiro atoms. The van der Waals surface area contributed by atoms with Crippen molar-refractivity contribution in [2.45, 2.75) is 30.7 Å². The van der Waals surface area contributed by atoms with Gasteiger partial charge in [0.05, 0.1) is 4.90 Å². The average molecular weight is 293 g/mol. The van der Waals surface area contributed by atoms with Crippen LogP contribution >= 0.6 is 0 Å². The molecule has 0 fully saturated rings. The van der Waals surface area contributed by atoms with E-state index in [-0.39, 0.29) is 12.6 Å². The highest BCUT2D eigenvalue weighted by Gasteiger charge is 2.19. The summed E-state index contributed by atoms with van der Waals surface area (Å²) < 4.78 is 27.6. The highest BCUT2D eigenvalue weighted by Crippen LogP contribution is 2.22. The van der Waals surface area contributed by atoms with Gasteiger partial charge in [-0.05, 0) is 31.2 Å². The van der Waals surface area contributed by atoms with Gasteiger partial charge in [0, 0.05) is 18.0 Å². The second-order valence-corrected chi connectivity index (χ2v) is 6.55. The number of aliphatic hydroxyl groups is 1. The summed E-state index contributed by atoms with van der Waals surface area (Å²) in [7, 11) is -3.55. The Labute approximate surface area is 119 Å². The fraction of sp³-hybridized carbons (Fsp3) is 0.333. The van der Waals surface area contributed by atoms with E-state index < -0.39 is 10.0 Å². The molecule has 0 aliphatic heterocycles. The predicted molar refractivity (Wildman–Crippen MR) is 80.1 cm³/mol. The number of fused-ring (bicyclic) bond motifs is 1. The van der Waals surface area contributed by atoms with Gasteiger partial charge in [-0.2, -0.15) is 0 Å². The number of benzene rings is 2. The number of nitrogens with one attached hydrogen (secondary N) is 1. The van der Waals surface area contributed by atoms with Gasteiger partial charge in [0.2, 0.25) is 10.0 Å². The van der Waals surface area contributed by atoms with Crippen LogP contribution in [0.15, 0.2) is 47.4 Å². The van der Waals surface area contributed by atoms with Crippen LogP contribution < -0.4 is 4.72 Å². The van der Waals surface area contributed by atoms with Crippen LogP contribution in [0.4, 0.5) is 0 Å². The standard InChI is InChI=1S/C15H19NO3S/c1-12(6-5-11-17)16-20(18,19)15-10-4-8-13-7-2-3-9-14(13)15/h2-4,7-10,12,16-17H,5-6,11H2,1H3/t12-/m1/s1. The molecule has 20 heavy (non-hydrogen) atoms. The van der Waals surface area contributed by atoms with E-state index in [0.717, 1.165) is 10.8 Å². The Balaban J connectivity index is 2.32. The van der Waals surface area contributed by atoms with Crippen molar-refractivity contribution in [3.63, 3.8) is 0 Å². The van der Waals surface area contributed by atoms with E-state index in [1.165, 1.54) is 0 Å². The molecule has 0 unspecified atom stereocenters. The van der Waals surface area contributed by atoms with Crippen molar-refractivity contribution >= 4 is 20.8 Å². The van der Waals surface area contributed by atoms with Gasteiger partial charge in [-0.25, -0.2) is 13.1 Å². The fourth-order valence-corrected chi connectivity index (χ4v) is 3.72. The van der Waals surface area contributed by atoms with Crippen molar-refractivity contribution in [2.24, 2.45) is 0 Å². The first-order valence-electron chi connectivity index (χ1n) is 6.65. The van der Waals surface area contributed by atoms with Crippen molar-refractivity contribution in [1.82, 2.24) is 4.72 Å². The number of hydrogen-bond donors (Lipinski definition) is 2. The number of rotatable bonds is 6. The molecule has 2 rings (SSSR count). The molecule has 0 bridgehead atoms. The molecular weight excluding hydrogens is 274 g/mol. The summed E-state index contributed by atoms with van der Waals surface area (Å²) in [6.07, 6.45) is 1.19. The normalized spacial score (nSPS) is 13.5. The molecule has 0 aliphatic carbocycles. The SMILES string of the molecule is C[C@H](CCCO)NS(=O)(=O)c1cccc2ccccc12. The minimum absolute atomic E-state index is 0.0698. The Bertz CT molecular complexity index is 677. The van der Waals surface area contributed by atoms with Gasteiger partial charge in [0.1, 0.15) is 0 Å². The zero-order valence-electron chi connectivity index (χ0n) is 11.4. The molecule has 2 aromatic rings. The zero-order chi connectivity index (χ0) is 14.6. The van der Waals surface area contributed by atoms with Crippen molar-refractivity contribution in [3.05, 3.63) is 42.5 Å². The van der Waals surface area contributed by atoms with Crippen LogP contribution in [-0.4, -0.2) is 26.2 Å². The second kappa shape index (κ2) is 6.35. The van der Waals surface area contributed by atoms with E-state index in [1.54, 1.807) is 19.1 Å². The lowest BCUT2D eigenvalue weighted by molar-refractivity contribution is 0.279. The van der Waals surface area contributed by atoms with Crippen LogP contribution in [-0.2, 0) is 10.0 Å². The van der Waals surface area contributed by atoms with E-state index >= 15 is 0 Å². The molecule has 0 saturated carbocycles. The third-order valence-corrected chi connectivity index (χ3v) is 4.84. The van der Waals surface area contributed by atoms with Crippen LogP contribution in [0, 0.1) is 0 Å². The van der Waals surface area contributed by atoms with Crippen LogP contribution in [0.3, 0.4) is 0 Å². The second-order valence-electron chi connectivity index (χ2n) is 4.87. The van der Waals surface area contributed by atoms with Gasteiger partial charge < -0.3 is 5.11 Å². The van der Waals surface area contributed by atoms with Crippen molar-refractivity contribution < 1.29 is 13.5 Å². The Morgan fingerprint density at radius 2 is 1.85 bits per heavy atom. The van der Waals surface area contributed by atoms with Gasteiger partial charge in [0.15, 0.2) is 0 Å². The first-order valence-corrected chi connectivity index (χ1v) is 8.14. The van der Waals surface area contributed by atoms with E-state index in [4.69, 9.17) is 5.11 Å². The van der Waals surface area contributed by atoms with E-state index in [0.29, 0.717) is 17.7 Å². The van der Waals surface area contributed by atoms with Gasteiger partial charge in [0.25, 0.3) is 0 Å². The fourth-order valence-electron chi connectivity index (χ4n) is 2.21. The molecule has 0 amide bonds. The lowest BCUT2D eigenvalue weighted by Gasteiger charge is -2.15. The summed E-state index contributed by atoms with van der Waals surface area (Å²) in [6.45, 7) is 1.87. The minimum Gasteiger partial charge on any atom is -0.396 e. The Morgan fingerprint density at radius 3 is 2.60 bits per heavy atom. The van der Waals surface area contributed by atoms with Crippen molar-refractivity contribution in [2.75, 3.05) is 6.61 Å². The maximum Gasteiger partial charge on any atom is 0.241 e. The van der Waals surface area contributed by atoms with Crippen molar-refractivity contribution in [1.29, 1.82) is 0 Å².